The van der Waals surface area contributed by atoms with E-state index in [1.807, 2.05) is 0 Å². The highest BCUT2D eigenvalue weighted by Gasteiger charge is 2.54. The Bertz CT molecular complexity index is 312. The van der Waals surface area contributed by atoms with Crippen LogP contribution in [0.3, 0.4) is 0 Å². The fourth-order valence-corrected chi connectivity index (χ4v) is 2.34. The summed E-state index contributed by atoms with van der Waals surface area (Å²) < 4.78 is 0. The van der Waals surface area contributed by atoms with Gasteiger partial charge in [-0.1, -0.05) is 0 Å². The topological polar surface area (TPSA) is 90.4 Å². The lowest BCUT2D eigenvalue weighted by Crippen LogP contribution is -2.47. The summed E-state index contributed by atoms with van der Waals surface area (Å²) in [5.74, 6) is 0.334. The average Bonchev–Trinajstić information content (AvgIpc) is 2.89. The molecule has 5 nitrogen and oxygen atoms in total. The third-order valence-corrected chi connectivity index (χ3v) is 3.27. The number of fused-ring (bicyclic) bond motifs is 1. The summed E-state index contributed by atoms with van der Waals surface area (Å²) in [6.07, 6.45) is 2.07. The number of hydrogen-bond acceptors (Lipinski definition) is 4. The SMILES string of the molecule is N#CC1CC2CC2N1C(=O)C(N)CCO. The highest BCUT2D eigenvalue weighted by molar-refractivity contribution is 5.83. The number of carbonyl (C=O) groups excluding carboxylic acids is 1. The maximum Gasteiger partial charge on any atom is 0.240 e. The van der Waals surface area contributed by atoms with Crippen LogP contribution in [0, 0.1) is 17.2 Å². The Morgan fingerprint density at radius 3 is 3.00 bits per heavy atom. The molecule has 0 aromatic rings. The van der Waals surface area contributed by atoms with Gasteiger partial charge in [0.15, 0.2) is 0 Å². The minimum atomic E-state index is -0.662. The van der Waals surface area contributed by atoms with Crippen LogP contribution in [0.4, 0.5) is 0 Å². The Kier molecular flexibility index (Phi) is 2.63. The molecule has 1 aliphatic heterocycles. The van der Waals surface area contributed by atoms with E-state index in [2.05, 4.69) is 6.07 Å². The first-order valence-corrected chi connectivity index (χ1v) is 5.27. The van der Waals surface area contributed by atoms with Crippen LogP contribution < -0.4 is 5.73 Å². The molecule has 2 aliphatic rings. The molecule has 2 fully saturated rings. The number of hydrogen-bond donors (Lipinski definition) is 2. The summed E-state index contributed by atoms with van der Waals surface area (Å²) in [7, 11) is 0. The maximum atomic E-state index is 11.9. The number of nitrogens with two attached hydrogens (primary N) is 1. The lowest BCUT2D eigenvalue weighted by Gasteiger charge is -2.25. The van der Waals surface area contributed by atoms with Crippen molar-refractivity contribution in [2.24, 2.45) is 11.7 Å². The number of nitrogens with zero attached hydrogens (tertiary/aromatic N) is 2. The molecular formula is C10H15N3O2. The van der Waals surface area contributed by atoms with Crippen LogP contribution in [-0.2, 0) is 4.79 Å². The summed E-state index contributed by atoms with van der Waals surface area (Å²) in [4.78, 5) is 13.5. The molecule has 5 heteroatoms. The largest absolute Gasteiger partial charge is 0.396 e. The van der Waals surface area contributed by atoms with Crippen molar-refractivity contribution in [3.8, 4) is 6.07 Å². The van der Waals surface area contributed by atoms with E-state index in [0.717, 1.165) is 12.8 Å². The van der Waals surface area contributed by atoms with Gasteiger partial charge in [-0.05, 0) is 25.2 Å². The zero-order chi connectivity index (χ0) is 11.0. The van der Waals surface area contributed by atoms with Gasteiger partial charge >= 0.3 is 0 Å². The zero-order valence-electron chi connectivity index (χ0n) is 8.47. The average molecular weight is 209 g/mol. The Morgan fingerprint density at radius 1 is 1.67 bits per heavy atom. The molecule has 15 heavy (non-hydrogen) atoms. The third kappa shape index (κ3) is 1.71. The predicted molar refractivity (Wildman–Crippen MR) is 52.4 cm³/mol. The molecule has 2 rings (SSSR count). The van der Waals surface area contributed by atoms with Crippen LogP contribution in [-0.4, -0.2) is 40.6 Å². The fourth-order valence-electron chi connectivity index (χ4n) is 2.34. The molecule has 0 aromatic carbocycles. The van der Waals surface area contributed by atoms with Gasteiger partial charge in [-0.15, -0.1) is 0 Å². The summed E-state index contributed by atoms with van der Waals surface area (Å²) in [5.41, 5.74) is 5.64. The van der Waals surface area contributed by atoms with Gasteiger partial charge in [-0.2, -0.15) is 5.26 Å². The second-order valence-electron chi connectivity index (χ2n) is 4.31. The number of carbonyl (C=O) groups is 1. The summed E-state index contributed by atoms with van der Waals surface area (Å²) >= 11 is 0. The summed E-state index contributed by atoms with van der Waals surface area (Å²) in [5, 5.41) is 17.6. The molecule has 0 aromatic heterocycles. The second-order valence-corrected chi connectivity index (χ2v) is 4.31. The Balaban J connectivity index is 2.03. The quantitative estimate of drug-likeness (QED) is 0.637. The summed E-state index contributed by atoms with van der Waals surface area (Å²) in [6, 6.07) is 1.42. The first-order valence-electron chi connectivity index (χ1n) is 5.27. The number of aliphatic hydroxyl groups is 1. The molecule has 0 bridgehead atoms. The minimum Gasteiger partial charge on any atom is -0.396 e. The molecule has 1 saturated carbocycles. The van der Waals surface area contributed by atoms with Crippen LogP contribution in [0.2, 0.25) is 0 Å². The van der Waals surface area contributed by atoms with E-state index in [0.29, 0.717) is 5.92 Å². The number of amides is 1. The minimum absolute atomic E-state index is 0.0912. The molecule has 0 radical (unpaired) electrons. The van der Waals surface area contributed by atoms with Gasteiger partial charge < -0.3 is 15.7 Å². The molecular weight excluding hydrogens is 194 g/mol. The number of likely N-dealkylation sites (tertiary alicyclic amines) is 1. The van der Waals surface area contributed by atoms with Gasteiger partial charge in [0.2, 0.25) is 5.91 Å². The van der Waals surface area contributed by atoms with E-state index in [1.54, 1.807) is 4.90 Å². The van der Waals surface area contributed by atoms with E-state index in [1.165, 1.54) is 0 Å². The molecule has 1 heterocycles. The first-order chi connectivity index (χ1) is 7.19. The Labute approximate surface area is 88.5 Å². The molecule has 4 atom stereocenters. The second kappa shape index (κ2) is 3.80. The van der Waals surface area contributed by atoms with E-state index in [4.69, 9.17) is 16.1 Å². The fraction of sp³-hybridized carbons (Fsp3) is 0.800. The van der Waals surface area contributed by atoms with Gasteiger partial charge in [0.05, 0.1) is 12.1 Å². The van der Waals surface area contributed by atoms with Gasteiger partial charge in [0, 0.05) is 12.6 Å². The molecule has 1 saturated heterocycles. The normalized spacial score (nSPS) is 34.5. The van der Waals surface area contributed by atoms with Crippen molar-refractivity contribution >= 4 is 5.91 Å². The van der Waals surface area contributed by atoms with E-state index in [-0.39, 0.29) is 31.0 Å². The van der Waals surface area contributed by atoms with Gasteiger partial charge in [-0.3, -0.25) is 4.79 Å². The number of rotatable bonds is 3. The first kappa shape index (κ1) is 10.4. The van der Waals surface area contributed by atoms with Crippen molar-refractivity contribution < 1.29 is 9.90 Å². The van der Waals surface area contributed by atoms with Crippen molar-refractivity contribution in [3.05, 3.63) is 0 Å². The molecule has 82 valence electrons. The third-order valence-electron chi connectivity index (χ3n) is 3.27. The van der Waals surface area contributed by atoms with Crippen molar-refractivity contribution in [2.75, 3.05) is 6.61 Å². The Hall–Kier alpha value is -1.12. The van der Waals surface area contributed by atoms with Crippen LogP contribution in [0.1, 0.15) is 19.3 Å². The van der Waals surface area contributed by atoms with Crippen molar-refractivity contribution in [1.29, 1.82) is 5.26 Å². The van der Waals surface area contributed by atoms with Crippen LogP contribution in [0.25, 0.3) is 0 Å². The van der Waals surface area contributed by atoms with Gasteiger partial charge in [0.25, 0.3) is 0 Å². The molecule has 1 aliphatic carbocycles. The van der Waals surface area contributed by atoms with E-state index >= 15 is 0 Å². The highest BCUT2D eigenvalue weighted by atomic mass is 16.3. The smallest absolute Gasteiger partial charge is 0.240 e. The standard InChI is InChI=1S/C10H15N3O2/c11-5-7-3-6-4-9(6)13(7)10(15)8(12)1-2-14/h6-9,14H,1-4,12H2. The molecule has 3 N–H and O–H groups in total. The molecule has 1 amide bonds. The lowest BCUT2D eigenvalue weighted by molar-refractivity contribution is -0.133. The maximum absolute atomic E-state index is 11.9. The van der Waals surface area contributed by atoms with Crippen LogP contribution >= 0.6 is 0 Å². The van der Waals surface area contributed by atoms with E-state index in [9.17, 15) is 4.79 Å². The van der Waals surface area contributed by atoms with Crippen molar-refractivity contribution in [3.63, 3.8) is 0 Å². The monoisotopic (exact) mass is 209 g/mol. The number of aliphatic hydroxyl groups excluding tert-OH is 1. The Morgan fingerprint density at radius 2 is 2.40 bits per heavy atom. The van der Waals surface area contributed by atoms with Crippen molar-refractivity contribution in [2.45, 2.75) is 37.4 Å². The van der Waals surface area contributed by atoms with Crippen LogP contribution in [0.15, 0.2) is 0 Å². The van der Waals surface area contributed by atoms with Crippen LogP contribution in [0.5, 0.6) is 0 Å². The number of nitriles is 1. The van der Waals surface area contributed by atoms with E-state index < -0.39 is 6.04 Å². The lowest BCUT2D eigenvalue weighted by atomic mass is 10.1. The zero-order valence-corrected chi connectivity index (χ0v) is 8.47. The molecule has 4 unspecified atom stereocenters. The van der Waals surface area contributed by atoms with Gasteiger partial charge in [-0.25, -0.2) is 0 Å². The summed E-state index contributed by atoms with van der Waals surface area (Å²) in [6.45, 7) is -0.0912. The van der Waals surface area contributed by atoms with Gasteiger partial charge in [0.1, 0.15) is 6.04 Å². The van der Waals surface area contributed by atoms with Crippen molar-refractivity contribution in [1.82, 2.24) is 4.90 Å². The predicted octanol–water partition coefficient (Wildman–Crippen LogP) is -0.791. The molecule has 0 spiro atoms. The highest BCUT2D eigenvalue weighted by Crippen LogP contribution is 2.47. The number of piperidine rings is 1.